The van der Waals surface area contributed by atoms with Crippen molar-refractivity contribution in [1.82, 2.24) is 16.0 Å². The molecule has 8 nitrogen and oxygen atoms in total. The van der Waals surface area contributed by atoms with Crippen LogP contribution >= 0.6 is 0 Å². The van der Waals surface area contributed by atoms with E-state index in [1.165, 1.54) is 154 Å². The Morgan fingerprint density at radius 1 is 0.483 bits per heavy atom. The maximum atomic E-state index is 14.6. The van der Waals surface area contributed by atoms with Crippen molar-refractivity contribution in [3.05, 3.63) is 0 Å². The first kappa shape index (κ1) is 58.6. The minimum absolute atomic E-state index is 0.00759. The van der Waals surface area contributed by atoms with Gasteiger partial charge in [-0.3, -0.25) is 10.1 Å². The zero-order valence-electron chi connectivity index (χ0n) is 41.3. The first-order valence-corrected chi connectivity index (χ1v) is 26.4. The van der Waals surface area contributed by atoms with Gasteiger partial charge in [0.15, 0.2) is 0 Å². The molecule has 0 radical (unpaired) electrons. The highest BCUT2D eigenvalue weighted by Crippen LogP contribution is 2.32. The summed E-state index contributed by atoms with van der Waals surface area (Å²) in [7, 11) is 0. The molecule has 0 saturated heterocycles. The van der Waals surface area contributed by atoms with E-state index >= 15 is 0 Å². The zero-order chi connectivity index (χ0) is 44.4. The first-order valence-electron chi connectivity index (χ1n) is 26.4. The number of nitrogens with one attached hydrogen (secondary N) is 3. The van der Waals surface area contributed by atoms with Crippen molar-refractivity contribution >= 4 is 12.1 Å². The van der Waals surface area contributed by atoms with Crippen LogP contribution in [0.3, 0.4) is 0 Å². The van der Waals surface area contributed by atoms with Gasteiger partial charge in [-0.25, -0.2) is 4.79 Å². The van der Waals surface area contributed by atoms with Gasteiger partial charge in [0.25, 0.3) is 0 Å². The number of aliphatic hydroxyl groups excluding tert-OH is 1. The average Bonchev–Trinajstić information content (AvgIpc) is 3.21. The molecular weight excluding hydrogens is 747 g/mol. The molecule has 0 bridgehead atoms. The summed E-state index contributed by atoms with van der Waals surface area (Å²) in [5.41, 5.74) is -0.506. The lowest BCUT2D eigenvalue weighted by Gasteiger charge is -2.29. The van der Waals surface area contributed by atoms with Gasteiger partial charge in [0.2, 0.25) is 0 Å². The third-order valence-electron chi connectivity index (χ3n) is 12.2. The molecule has 0 aliphatic rings. The third-order valence-corrected chi connectivity index (χ3v) is 12.2. The van der Waals surface area contributed by atoms with Crippen molar-refractivity contribution in [1.29, 1.82) is 0 Å². The maximum Gasteiger partial charge on any atom is 0.407 e. The van der Waals surface area contributed by atoms with E-state index in [1.807, 2.05) is 20.8 Å². The molecule has 358 valence electrons. The molecular formula is C52H105N3O5. The van der Waals surface area contributed by atoms with Crippen LogP contribution < -0.4 is 16.0 Å². The summed E-state index contributed by atoms with van der Waals surface area (Å²) in [4.78, 5) is 26.6. The van der Waals surface area contributed by atoms with Crippen molar-refractivity contribution in [3.63, 3.8) is 0 Å². The van der Waals surface area contributed by atoms with Crippen molar-refractivity contribution in [3.8, 4) is 0 Å². The smallest absolute Gasteiger partial charge is 0.407 e. The molecule has 0 rings (SSSR count). The molecule has 2 atom stereocenters. The Hall–Kier alpha value is -1.38. The molecule has 0 fully saturated rings. The Balaban J connectivity index is 5.74. The van der Waals surface area contributed by atoms with E-state index in [2.05, 4.69) is 43.6 Å². The number of hydrogen-bond donors (Lipinski definition) is 4. The number of esters is 1. The number of unbranched alkanes of at least 4 members (excludes halogenated alkanes) is 22. The number of alkyl carbamates (subject to hydrolysis) is 1. The molecule has 0 aromatic carbocycles. The van der Waals surface area contributed by atoms with Gasteiger partial charge in [-0.2, -0.15) is 0 Å². The summed E-state index contributed by atoms with van der Waals surface area (Å²) in [6.07, 6.45) is 40.7. The van der Waals surface area contributed by atoms with E-state index in [9.17, 15) is 14.7 Å². The minimum Gasteiger partial charge on any atom is -0.462 e. The summed E-state index contributed by atoms with van der Waals surface area (Å²) in [6, 6.07) is 0. The average molecular weight is 852 g/mol. The topological polar surface area (TPSA) is 109 Å². The van der Waals surface area contributed by atoms with Crippen LogP contribution in [0.2, 0.25) is 0 Å². The van der Waals surface area contributed by atoms with Gasteiger partial charge < -0.3 is 25.2 Å². The Labute approximate surface area is 373 Å². The quantitative estimate of drug-likeness (QED) is 0.0274. The Bertz CT molecular complexity index is 896. The summed E-state index contributed by atoms with van der Waals surface area (Å²) in [6.45, 7) is 16.7. The molecule has 0 aliphatic carbocycles. The molecule has 0 spiro atoms. The summed E-state index contributed by atoms with van der Waals surface area (Å²) in [5.74, 6) is 0.517. The van der Waals surface area contributed by atoms with Crippen LogP contribution in [0.15, 0.2) is 0 Å². The lowest BCUT2D eigenvalue weighted by Crippen LogP contribution is -2.44. The zero-order valence-corrected chi connectivity index (χ0v) is 41.3. The SMILES string of the molecule is CCCCCCCCC(CCCCCCCC)OC(=O)C(CCCCCC(NCCO)NCCCNC(=O)OC(C)(C)C)C(CCCCCCCC)CCCCCCCC. The highest BCUT2D eigenvalue weighted by molar-refractivity contribution is 5.73. The number of carbonyl (C=O) groups excluding carboxylic acids is 2. The van der Waals surface area contributed by atoms with Gasteiger partial charge in [-0.15, -0.1) is 0 Å². The van der Waals surface area contributed by atoms with Gasteiger partial charge >= 0.3 is 12.1 Å². The molecule has 4 N–H and O–H groups in total. The lowest BCUT2D eigenvalue weighted by atomic mass is 9.80. The van der Waals surface area contributed by atoms with Crippen molar-refractivity contribution in [2.24, 2.45) is 11.8 Å². The standard InChI is InChI=1S/C52H105N3O5/c1-8-12-16-20-24-29-36-46(37-30-25-21-17-13-9-2)48(50(57)59-47(38-31-26-22-18-14-10-3)39-32-27-23-19-15-11-4)40-33-28-34-41-49(54-44-45-56)53-42-35-43-55-51(58)60-52(5,6)7/h46-49,53-54,56H,8-45H2,1-7H3,(H,55,58). The summed E-state index contributed by atoms with van der Waals surface area (Å²) < 4.78 is 12.0. The van der Waals surface area contributed by atoms with Crippen LogP contribution in [0.4, 0.5) is 4.79 Å². The van der Waals surface area contributed by atoms with E-state index in [0.717, 1.165) is 70.8 Å². The molecule has 8 heteroatoms. The molecule has 0 aromatic heterocycles. The maximum absolute atomic E-state index is 14.6. The monoisotopic (exact) mass is 852 g/mol. The normalized spacial score (nSPS) is 13.0. The van der Waals surface area contributed by atoms with Crippen LogP contribution in [-0.2, 0) is 14.3 Å². The first-order chi connectivity index (χ1) is 29.1. The van der Waals surface area contributed by atoms with Crippen LogP contribution in [0.1, 0.15) is 267 Å². The second-order valence-corrected chi connectivity index (χ2v) is 19.3. The Morgan fingerprint density at radius 3 is 1.35 bits per heavy atom. The molecule has 0 aliphatic heterocycles. The van der Waals surface area contributed by atoms with Crippen molar-refractivity contribution in [2.45, 2.75) is 285 Å². The third kappa shape index (κ3) is 38.3. The van der Waals surface area contributed by atoms with Gasteiger partial charge in [0, 0.05) is 13.1 Å². The van der Waals surface area contributed by atoms with Crippen LogP contribution in [0.25, 0.3) is 0 Å². The fraction of sp³-hybridized carbons (Fsp3) is 0.962. The van der Waals surface area contributed by atoms with E-state index in [1.54, 1.807) is 0 Å². The summed E-state index contributed by atoms with van der Waals surface area (Å²) >= 11 is 0. The minimum atomic E-state index is -0.506. The molecule has 0 saturated carbocycles. The largest absolute Gasteiger partial charge is 0.462 e. The van der Waals surface area contributed by atoms with E-state index < -0.39 is 5.60 Å². The number of ether oxygens (including phenoxy) is 2. The van der Waals surface area contributed by atoms with Gasteiger partial charge in [0.1, 0.15) is 11.7 Å². The second kappa shape index (κ2) is 42.9. The van der Waals surface area contributed by atoms with Crippen molar-refractivity contribution in [2.75, 3.05) is 26.2 Å². The number of carbonyl (C=O) groups is 2. The second-order valence-electron chi connectivity index (χ2n) is 19.3. The van der Waals surface area contributed by atoms with Gasteiger partial charge in [-0.05, 0) is 91.0 Å². The van der Waals surface area contributed by atoms with Crippen LogP contribution in [0.5, 0.6) is 0 Å². The highest BCUT2D eigenvalue weighted by Gasteiger charge is 2.30. The van der Waals surface area contributed by atoms with Crippen LogP contribution in [-0.4, -0.2) is 61.3 Å². The predicted molar refractivity (Wildman–Crippen MR) is 258 cm³/mol. The number of hydrogen-bond acceptors (Lipinski definition) is 7. The Morgan fingerprint density at radius 2 is 0.883 bits per heavy atom. The van der Waals surface area contributed by atoms with E-state index in [0.29, 0.717) is 19.0 Å². The molecule has 0 heterocycles. The Kier molecular flexibility index (Phi) is 41.9. The summed E-state index contributed by atoms with van der Waals surface area (Å²) in [5, 5.41) is 19.4. The fourth-order valence-corrected chi connectivity index (χ4v) is 8.56. The van der Waals surface area contributed by atoms with E-state index in [-0.39, 0.29) is 36.9 Å². The van der Waals surface area contributed by atoms with Crippen molar-refractivity contribution < 1.29 is 24.2 Å². The predicted octanol–water partition coefficient (Wildman–Crippen LogP) is 14.5. The van der Waals surface area contributed by atoms with Gasteiger partial charge in [0.05, 0.1) is 18.7 Å². The van der Waals surface area contributed by atoms with Crippen LogP contribution in [0, 0.1) is 11.8 Å². The number of aliphatic hydroxyl groups is 1. The number of amides is 1. The molecule has 60 heavy (non-hydrogen) atoms. The molecule has 0 aromatic rings. The fourth-order valence-electron chi connectivity index (χ4n) is 8.56. The highest BCUT2D eigenvalue weighted by atomic mass is 16.6. The lowest BCUT2D eigenvalue weighted by molar-refractivity contribution is -0.157. The van der Waals surface area contributed by atoms with E-state index in [4.69, 9.17) is 9.47 Å². The van der Waals surface area contributed by atoms with Gasteiger partial charge in [-0.1, -0.05) is 188 Å². The number of rotatable bonds is 45. The molecule has 2 unspecified atom stereocenters. The molecule has 1 amide bonds.